The SMILES string of the molecule is Nc1cccc(C(=O)O)c1OC1CCC1. The van der Waals surface area contributed by atoms with E-state index in [0.29, 0.717) is 11.4 Å². The van der Waals surface area contributed by atoms with Gasteiger partial charge in [-0.1, -0.05) is 6.07 Å². The van der Waals surface area contributed by atoms with Gasteiger partial charge in [0.25, 0.3) is 0 Å². The zero-order valence-corrected chi connectivity index (χ0v) is 8.27. The van der Waals surface area contributed by atoms with Gasteiger partial charge in [0.2, 0.25) is 0 Å². The van der Waals surface area contributed by atoms with Crippen molar-refractivity contribution in [1.82, 2.24) is 0 Å². The largest absolute Gasteiger partial charge is 0.487 e. The summed E-state index contributed by atoms with van der Waals surface area (Å²) in [7, 11) is 0. The minimum absolute atomic E-state index is 0.132. The van der Waals surface area contributed by atoms with E-state index in [-0.39, 0.29) is 11.7 Å². The third-order valence-corrected chi connectivity index (χ3v) is 2.61. The van der Waals surface area contributed by atoms with Crippen molar-refractivity contribution in [3.8, 4) is 5.75 Å². The van der Waals surface area contributed by atoms with Crippen molar-refractivity contribution < 1.29 is 14.6 Å². The molecule has 0 atom stereocenters. The third kappa shape index (κ3) is 1.88. The standard InChI is InChI=1S/C11H13NO3/c12-9-6-2-5-8(11(13)14)10(9)15-7-3-1-4-7/h2,5-7H,1,3-4,12H2,(H,13,14). The van der Waals surface area contributed by atoms with Gasteiger partial charge in [-0.3, -0.25) is 0 Å². The molecule has 0 radical (unpaired) electrons. The first kappa shape index (κ1) is 9.83. The van der Waals surface area contributed by atoms with E-state index in [9.17, 15) is 4.79 Å². The molecule has 0 aliphatic heterocycles. The van der Waals surface area contributed by atoms with Crippen LogP contribution in [0.25, 0.3) is 0 Å². The van der Waals surface area contributed by atoms with Crippen LogP contribution in [0.3, 0.4) is 0 Å². The van der Waals surface area contributed by atoms with Gasteiger partial charge in [0.1, 0.15) is 5.56 Å². The summed E-state index contributed by atoms with van der Waals surface area (Å²) in [6.07, 6.45) is 3.23. The van der Waals surface area contributed by atoms with Crippen LogP contribution in [0.2, 0.25) is 0 Å². The van der Waals surface area contributed by atoms with Crippen LogP contribution >= 0.6 is 0 Å². The maximum atomic E-state index is 10.9. The predicted octanol–water partition coefficient (Wildman–Crippen LogP) is 1.90. The van der Waals surface area contributed by atoms with Gasteiger partial charge in [-0.05, 0) is 31.4 Å². The number of carbonyl (C=O) groups is 1. The molecule has 1 aliphatic carbocycles. The Morgan fingerprint density at radius 3 is 2.73 bits per heavy atom. The number of anilines is 1. The molecule has 1 saturated carbocycles. The van der Waals surface area contributed by atoms with Crippen molar-refractivity contribution in [3.05, 3.63) is 23.8 Å². The summed E-state index contributed by atoms with van der Waals surface area (Å²) in [6.45, 7) is 0. The quantitative estimate of drug-likeness (QED) is 0.742. The molecule has 2 rings (SSSR count). The first-order valence-electron chi connectivity index (χ1n) is 4.97. The van der Waals surface area contributed by atoms with Crippen molar-refractivity contribution >= 4 is 11.7 Å². The first-order chi connectivity index (χ1) is 7.18. The zero-order valence-electron chi connectivity index (χ0n) is 8.27. The highest BCUT2D eigenvalue weighted by molar-refractivity contribution is 5.93. The number of carboxylic acids is 1. The van der Waals surface area contributed by atoms with Gasteiger partial charge >= 0.3 is 5.97 Å². The number of benzene rings is 1. The van der Waals surface area contributed by atoms with Crippen LogP contribution < -0.4 is 10.5 Å². The number of nitrogens with two attached hydrogens (primary N) is 1. The second-order valence-corrected chi connectivity index (χ2v) is 3.70. The number of hydrogen-bond acceptors (Lipinski definition) is 3. The smallest absolute Gasteiger partial charge is 0.339 e. The molecular weight excluding hydrogens is 194 g/mol. The highest BCUT2D eigenvalue weighted by Gasteiger charge is 2.23. The molecule has 80 valence electrons. The summed E-state index contributed by atoms with van der Waals surface area (Å²) in [5.41, 5.74) is 6.23. The summed E-state index contributed by atoms with van der Waals surface area (Å²) in [4.78, 5) is 10.9. The number of carboxylic acid groups (broad SMARTS) is 1. The molecule has 1 aliphatic rings. The molecule has 15 heavy (non-hydrogen) atoms. The highest BCUT2D eigenvalue weighted by atomic mass is 16.5. The Balaban J connectivity index is 2.29. The lowest BCUT2D eigenvalue weighted by atomic mass is 9.96. The minimum Gasteiger partial charge on any atom is -0.487 e. The highest BCUT2D eigenvalue weighted by Crippen LogP contribution is 2.32. The second-order valence-electron chi connectivity index (χ2n) is 3.70. The molecule has 0 heterocycles. The topological polar surface area (TPSA) is 72.6 Å². The predicted molar refractivity (Wildman–Crippen MR) is 56.1 cm³/mol. The Labute approximate surface area is 87.7 Å². The van der Waals surface area contributed by atoms with Crippen LogP contribution in [-0.4, -0.2) is 17.2 Å². The number of hydrogen-bond donors (Lipinski definition) is 2. The van der Waals surface area contributed by atoms with Gasteiger partial charge in [-0.25, -0.2) is 4.79 Å². The van der Waals surface area contributed by atoms with E-state index < -0.39 is 5.97 Å². The number of para-hydroxylation sites is 1. The summed E-state index contributed by atoms with van der Waals surface area (Å²) >= 11 is 0. The maximum absolute atomic E-state index is 10.9. The first-order valence-corrected chi connectivity index (χ1v) is 4.97. The Morgan fingerprint density at radius 2 is 2.20 bits per heavy atom. The normalized spacial score (nSPS) is 15.7. The summed E-state index contributed by atoms with van der Waals surface area (Å²) in [5, 5.41) is 8.96. The maximum Gasteiger partial charge on any atom is 0.339 e. The molecule has 0 spiro atoms. The van der Waals surface area contributed by atoms with Crippen molar-refractivity contribution in [1.29, 1.82) is 0 Å². The van der Waals surface area contributed by atoms with E-state index in [1.807, 2.05) is 0 Å². The second kappa shape index (κ2) is 3.81. The van der Waals surface area contributed by atoms with E-state index in [1.54, 1.807) is 12.1 Å². The molecule has 0 unspecified atom stereocenters. The molecule has 4 heteroatoms. The molecule has 3 N–H and O–H groups in total. The van der Waals surface area contributed by atoms with Gasteiger partial charge in [0.15, 0.2) is 5.75 Å². The summed E-state index contributed by atoms with van der Waals surface area (Å²) in [6, 6.07) is 4.78. The van der Waals surface area contributed by atoms with Crippen LogP contribution in [0.15, 0.2) is 18.2 Å². The summed E-state index contributed by atoms with van der Waals surface area (Å²) < 4.78 is 5.57. The minimum atomic E-state index is -1.00. The third-order valence-electron chi connectivity index (χ3n) is 2.61. The van der Waals surface area contributed by atoms with E-state index >= 15 is 0 Å². The number of ether oxygens (including phenoxy) is 1. The molecule has 4 nitrogen and oxygen atoms in total. The fraction of sp³-hybridized carbons (Fsp3) is 0.364. The van der Waals surface area contributed by atoms with Crippen molar-refractivity contribution in [2.24, 2.45) is 0 Å². The van der Waals surface area contributed by atoms with Gasteiger partial charge in [-0.2, -0.15) is 0 Å². The Morgan fingerprint density at radius 1 is 1.47 bits per heavy atom. The fourth-order valence-electron chi connectivity index (χ4n) is 1.51. The molecule has 0 saturated heterocycles. The van der Waals surface area contributed by atoms with Gasteiger partial charge in [0.05, 0.1) is 11.8 Å². The number of nitrogen functional groups attached to an aromatic ring is 1. The number of aromatic carboxylic acids is 1. The van der Waals surface area contributed by atoms with E-state index in [1.165, 1.54) is 6.07 Å². The van der Waals surface area contributed by atoms with E-state index in [4.69, 9.17) is 15.6 Å². The van der Waals surface area contributed by atoms with Crippen LogP contribution in [0, 0.1) is 0 Å². The molecule has 0 amide bonds. The zero-order chi connectivity index (χ0) is 10.8. The van der Waals surface area contributed by atoms with Crippen LogP contribution in [0.5, 0.6) is 5.75 Å². The Kier molecular flexibility index (Phi) is 2.49. The van der Waals surface area contributed by atoms with E-state index in [2.05, 4.69) is 0 Å². The van der Waals surface area contributed by atoms with Gasteiger partial charge in [0, 0.05) is 0 Å². The number of rotatable bonds is 3. The molecule has 0 bridgehead atoms. The summed E-state index contributed by atoms with van der Waals surface area (Å²) in [5.74, 6) is -0.689. The fourth-order valence-corrected chi connectivity index (χ4v) is 1.51. The Bertz CT molecular complexity index is 385. The molecule has 0 aromatic heterocycles. The molecule has 1 fully saturated rings. The van der Waals surface area contributed by atoms with Crippen molar-refractivity contribution in [3.63, 3.8) is 0 Å². The average molecular weight is 207 g/mol. The van der Waals surface area contributed by atoms with Crippen molar-refractivity contribution in [2.45, 2.75) is 25.4 Å². The molecule has 1 aromatic rings. The lowest BCUT2D eigenvalue weighted by Gasteiger charge is -2.27. The van der Waals surface area contributed by atoms with Crippen LogP contribution in [-0.2, 0) is 0 Å². The van der Waals surface area contributed by atoms with Gasteiger partial charge < -0.3 is 15.6 Å². The van der Waals surface area contributed by atoms with E-state index in [0.717, 1.165) is 19.3 Å². The average Bonchev–Trinajstić information content (AvgIpc) is 2.12. The monoisotopic (exact) mass is 207 g/mol. The van der Waals surface area contributed by atoms with Crippen molar-refractivity contribution in [2.75, 3.05) is 5.73 Å². The van der Waals surface area contributed by atoms with Crippen LogP contribution in [0.4, 0.5) is 5.69 Å². The molecule has 1 aromatic carbocycles. The van der Waals surface area contributed by atoms with Gasteiger partial charge in [-0.15, -0.1) is 0 Å². The Hall–Kier alpha value is -1.71. The van der Waals surface area contributed by atoms with Crippen LogP contribution in [0.1, 0.15) is 29.6 Å². The lowest BCUT2D eigenvalue weighted by Crippen LogP contribution is -2.25. The molecular formula is C11H13NO3. The lowest BCUT2D eigenvalue weighted by molar-refractivity contribution is 0.0680.